The first-order chi connectivity index (χ1) is 8.08. The smallest absolute Gasteiger partial charge is 0.306 e. The predicted octanol–water partition coefficient (Wildman–Crippen LogP) is 3.95. The molecule has 0 aliphatic heterocycles. The van der Waals surface area contributed by atoms with Crippen LogP contribution in [0.3, 0.4) is 0 Å². The van der Waals surface area contributed by atoms with Gasteiger partial charge in [0.15, 0.2) is 0 Å². The van der Waals surface area contributed by atoms with Gasteiger partial charge >= 0.3 is 5.97 Å². The van der Waals surface area contributed by atoms with Crippen molar-refractivity contribution in [3.05, 3.63) is 0 Å². The normalized spacial score (nSPS) is 43.3. The van der Waals surface area contributed by atoms with Crippen molar-refractivity contribution in [2.24, 2.45) is 29.6 Å². The third-order valence-corrected chi connectivity index (χ3v) is 5.15. The molecule has 17 heavy (non-hydrogen) atoms. The largest absolute Gasteiger partial charge is 0.481 e. The van der Waals surface area contributed by atoms with Crippen LogP contribution in [-0.4, -0.2) is 11.1 Å². The maximum Gasteiger partial charge on any atom is 0.306 e. The molecule has 2 aliphatic carbocycles. The first-order valence-corrected chi connectivity index (χ1v) is 7.30. The molecule has 0 heterocycles. The first kappa shape index (κ1) is 12.9. The molecule has 0 amide bonds. The number of carboxylic acids is 1. The molecule has 0 spiro atoms. The number of carboxylic acid groups (broad SMARTS) is 1. The summed E-state index contributed by atoms with van der Waals surface area (Å²) < 4.78 is 0. The van der Waals surface area contributed by atoms with Gasteiger partial charge in [0.25, 0.3) is 0 Å². The summed E-state index contributed by atoms with van der Waals surface area (Å²) in [7, 11) is 0. The van der Waals surface area contributed by atoms with Crippen LogP contribution in [-0.2, 0) is 4.79 Å². The summed E-state index contributed by atoms with van der Waals surface area (Å²) in [4.78, 5) is 11.4. The lowest BCUT2D eigenvalue weighted by molar-refractivity contribution is -0.146. The molecule has 2 nitrogen and oxygen atoms in total. The summed E-state index contributed by atoms with van der Waals surface area (Å²) in [5.74, 6) is 2.15. The van der Waals surface area contributed by atoms with Crippen LogP contribution in [0.15, 0.2) is 0 Å². The molecular weight excluding hydrogens is 212 g/mol. The Morgan fingerprint density at radius 1 is 0.941 bits per heavy atom. The zero-order chi connectivity index (χ0) is 12.4. The second-order valence-electron chi connectivity index (χ2n) is 6.55. The van der Waals surface area contributed by atoms with E-state index in [-0.39, 0.29) is 5.92 Å². The highest BCUT2D eigenvalue weighted by atomic mass is 16.4. The number of hydrogen-bond donors (Lipinski definition) is 1. The fourth-order valence-electron chi connectivity index (χ4n) is 3.97. The number of rotatable bonds is 2. The third kappa shape index (κ3) is 3.02. The van der Waals surface area contributed by atoms with E-state index in [1.54, 1.807) is 0 Å². The van der Waals surface area contributed by atoms with E-state index >= 15 is 0 Å². The second-order valence-corrected chi connectivity index (χ2v) is 6.55. The van der Waals surface area contributed by atoms with Gasteiger partial charge in [0.05, 0.1) is 5.92 Å². The quantitative estimate of drug-likeness (QED) is 0.791. The fraction of sp³-hybridized carbons (Fsp3) is 0.933. The van der Waals surface area contributed by atoms with Gasteiger partial charge in [-0.15, -0.1) is 0 Å². The molecule has 2 heteroatoms. The molecule has 2 fully saturated rings. The van der Waals surface area contributed by atoms with Gasteiger partial charge in [-0.25, -0.2) is 0 Å². The molecule has 1 N–H and O–H groups in total. The average Bonchev–Trinajstić information content (AvgIpc) is 2.29. The first-order valence-electron chi connectivity index (χ1n) is 7.30. The summed E-state index contributed by atoms with van der Waals surface area (Å²) in [5, 5.41) is 9.38. The highest BCUT2D eigenvalue weighted by Gasteiger charge is 2.39. The van der Waals surface area contributed by atoms with Crippen LogP contribution < -0.4 is 0 Å². The molecule has 98 valence electrons. The van der Waals surface area contributed by atoms with Gasteiger partial charge in [0.2, 0.25) is 0 Å². The Balaban J connectivity index is 2.01. The summed E-state index contributed by atoms with van der Waals surface area (Å²) in [6.07, 6.45) is 8.31. The van der Waals surface area contributed by atoms with Gasteiger partial charge in [0, 0.05) is 0 Å². The van der Waals surface area contributed by atoms with E-state index in [9.17, 15) is 9.90 Å². The van der Waals surface area contributed by atoms with Crippen molar-refractivity contribution in [2.45, 2.75) is 58.8 Å². The Morgan fingerprint density at radius 2 is 1.53 bits per heavy atom. The average molecular weight is 238 g/mol. The van der Waals surface area contributed by atoms with E-state index < -0.39 is 5.97 Å². The molecule has 2 aliphatic rings. The van der Waals surface area contributed by atoms with Crippen LogP contribution in [0, 0.1) is 29.6 Å². The minimum atomic E-state index is -0.541. The molecule has 2 rings (SSSR count). The monoisotopic (exact) mass is 238 g/mol. The maximum absolute atomic E-state index is 11.4. The van der Waals surface area contributed by atoms with Crippen molar-refractivity contribution in [2.75, 3.05) is 0 Å². The Kier molecular flexibility index (Phi) is 4.11. The van der Waals surface area contributed by atoms with Crippen molar-refractivity contribution < 1.29 is 9.90 Å². The molecule has 3 unspecified atom stereocenters. The van der Waals surface area contributed by atoms with Crippen molar-refractivity contribution in [1.29, 1.82) is 0 Å². The highest BCUT2D eigenvalue weighted by molar-refractivity contribution is 5.70. The van der Waals surface area contributed by atoms with Crippen molar-refractivity contribution in [3.8, 4) is 0 Å². The second kappa shape index (κ2) is 5.41. The fourth-order valence-corrected chi connectivity index (χ4v) is 3.97. The highest BCUT2D eigenvalue weighted by Crippen LogP contribution is 2.44. The van der Waals surface area contributed by atoms with Crippen LogP contribution in [0.5, 0.6) is 0 Å². The van der Waals surface area contributed by atoms with Crippen molar-refractivity contribution in [3.63, 3.8) is 0 Å². The van der Waals surface area contributed by atoms with E-state index in [0.717, 1.165) is 31.1 Å². The molecule has 0 aromatic heterocycles. The molecule has 2 saturated carbocycles. The lowest BCUT2D eigenvalue weighted by Gasteiger charge is -2.40. The van der Waals surface area contributed by atoms with Crippen LogP contribution in [0.1, 0.15) is 58.8 Å². The summed E-state index contributed by atoms with van der Waals surface area (Å²) in [5.41, 5.74) is 0. The zero-order valence-electron chi connectivity index (χ0n) is 11.2. The van der Waals surface area contributed by atoms with Crippen LogP contribution in [0.4, 0.5) is 0 Å². The van der Waals surface area contributed by atoms with E-state index in [2.05, 4.69) is 13.8 Å². The summed E-state index contributed by atoms with van der Waals surface area (Å²) >= 11 is 0. The topological polar surface area (TPSA) is 37.3 Å². The van der Waals surface area contributed by atoms with E-state index in [0.29, 0.717) is 11.8 Å². The molecule has 0 saturated heterocycles. The molecule has 0 radical (unpaired) electrons. The van der Waals surface area contributed by atoms with Gasteiger partial charge in [0.1, 0.15) is 0 Å². The number of carbonyl (C=O) groups is 1. The lowest BCUT2D eigenvalue weighted by Crippen LogP contribution is -2.36. The predicted molar refractivity (Wildman–Crippen MR) is 68.8 cm³/mol. The van der Waals surface area contributed by atoms with Gasteiger partial charge in [-0.1, -0.05) is 26.7 Å². The lowest BCUT2D eigenvalue weighted by atomic mass is 9.64. The zero-order valence-corrected chi connectivity index (χ0v) is 11.2. The standard InChI is InChI=1S/C15H26O2/c1-10-3-6-12(7-4-10)14-9-11(2)5-8-13(14)15(16)17/h10-14H,3-9H2,1-2H3,(H,16,17). The van der Waals surface area contributed by atoms with Gasteiger partial charge < -0.3 is 5.11 Å². The van der Waals surface area contributed by atoms with Crippen LogP contribution >= 0.6 is 0 Å². The Bertz CT molecular complexity index is 266. The van der Waals surface area contributed by atoms with Crippen molar-refractivity contribution >= 4 is 5.97 Å². The molecule has 0 aromatic rings. The summed E-state index contributed by atoms with van der Waals surface area (Å²) in [6, 6.07) is 0. The molecule has 0 aromatic carbocycles. The van der Waals surface area contributed by atoms with Crippen LogP contribution in [0.25, 0.3) is 0 Å². The SMILES string of the molecule is CC1CCC(C2CC(C)CCC2C(=O)O)CC1. The maximum atomic E-state index is 11.4. The van der Waals surface area contributed by atoms with E-state index in [4.69, 9.17) is 0 Å². The minimum absolute atomic E-state index is 0.0513. The molecular formula is C15H26O2. The van der Waals surface area contributed by atoms with Crippen molar-refractivity contribution in [1.82, 2.24) is 0 Å². The van der Waals surface area contributed by atoms with Gasteiger partial charge in [-0.3, -0.25) is 4.79 Å². The molecule has 3 atom stereocenters. The Hall–Kier alpha value is -0.530. The summed E-state index contributed by atoms with van der Waals surface area (Å²) in [6.45, 7) is 4.62. The van der Waals surface area contributed by atoms with E-state index in [1.165, 1.54) is 25.7 Å². The van der Waals surface area contributed by atoms with Gasteiger partial charge in [-0.2, -0.15) is 0 Å². The Morgan fingerprint density at radius 3 is 2.12 bits per heavy atom. The van der Waals surface area contributed by atoms with Crippen LogP contribution in [0.2, 0.25) is 0 Å². The van der Waals surface area contributed by atoms with Gasteiger partial charge in [-0.05, 0) is 55.8 Å². The number of hydrogen-bond acceptors (Lipinski definition) is 1. The van der Waals surface area contributed by atoms with E-state index in [1.807, 2.05) is 0 Å². The number of aliphatic carboxylic acids is 1. The molecule has 0 bridgehead atoms. The third-order valence-electron chi connectivity index (χ3n) is 5.15. The minimum Gasteiger partial charge on any atom is -0.481 e. The Labute approximate surface area is 105 Å².